The molecule has 0 fully saturated rings. The van der Waals surface area contributed by atoms with Crippen molar-refractivity contribution in [3.05, 3.63) is 12.3 Å². The zero-order valence-electron chi connectivity index (χ0n) is 9.13. The topological polar surface area (TPSA) is 0 Å². The van der Waals surface area contributed by atoms with Crippen LogP contribution in [-0.4, -0.2) is 20.8 Å². The minimum absolute atomic E-state index is 1.19. The maximum absolute atomic E-state index is 5.50. The van der Waals surface area contributed by atoms with Gasteiger partial charge in [-0.2, -0.15) is 22.2 Å². The molecule has 0 saturated carbocycles. The molecule has 94 valence electrons. The van der Waals surface area contributed by atoms with Crippen LogP contribution in [0.15, 0.2) is 12.3 Å². The lowest BCUT2D eigenvalue weighted by atomic mass is 11.3. The van der Waals surface area contributed by atoms with Crippen molar-refractivity contribution < 1.29 is 0 Å². The van der Waals surface area contributed by atoms with Crippen molar-refractivity contribution in [2.45, 2.75) is 26.2 Å². The van der Waals surface area contributed by atoms with Crippen LogP contribution in [0.5, 0.6) is 0 Å². The monoisotopic (exact) mass is 382 g/mol. The Morgan fingerprint density at radius 3 is 1.07 bits per heavy atom. The third-order valence-corrected chi connectivity index (χ3v) is 2.00. The fraction of sp³-hybridized carbons (Fsp3) is 0.667. The maximum atomic E-state index is 5.50. The summed E-state index contributed by atoms with van der Waals surface area (Å²) < 4.78 is 0. The summed E-state index contributed by atoms with van der Waals surface area (Å²) in [5.41, 5.74) is 1.61. The van der Waals surface area contributed by atoms with Crippen LogP contribution in [-0.2, 0) is 0 Å². The second-order valence-electron chi connectivity index (χ2n) is 3.01. The van der Waals surface area contributed by atoms with Gasteiger partial charge in [-0.25, -0.2) is 0 Å². The number of rotatable bonds is 1. The smallest absolute Gasteiger partial charge is 0.151 e. The lowest BCUT2D eigenvalue weighted by Gasteiger charge is -1.96. The quantitative estimate of drug-likeness (QED) is 0.399. The van der Waals surface area contributed by atoms with Gasteiger partial charge >= 0.3 is 0 Å². The Labute approximate surface area is 125 Å². The van der Waals surface area contributed by atoms with E-state index in [0.29, 0.717) is 0 Å². The van der Waals surface area contributed by atoms with Gasteiger partial charge in [-0.3, -0.25) is 0 Å². The first-order valence-electron chi connectivity index (χ1n) is 3.97. The highest BCUT2D eigenvalue weighted by atomic mass is 35.7. The first-order chi connectivity index (χ1) is 6.29. The van der Waals surface area contributed by atoms with Crippen molar-refractivity contribution in [2.24, 2.45) is 0 Å². The molecule has 0 aromatic carbocycles. The fourth-order valence-electron chi connectivity index (χ4n) is 0. The summed E-state index contributed by atoms with van der Waals surface area (Å²) in [6.45, 7) is 7.19. The van der Waals surface area contributed by atoms with Crippen molar-refractivity contribution in [3.63, 3.8) is 0 Å². The first-order valence-corrected chi connectivity index (χ1v) is 18.2. The number of halogens is 6. The molecule has 0 saturated heterocycles. The van der Waals surface area contributed by atoms with Crippen LogP contribution in [0.4, 0.5) is 0 Å². The Hall–Kier alpha value is 2.13. The first kappa shape index (κ1) is 22.3. The fourth-order valence-corrected chi connectivity index (χ4v) is 0. The van der Waals surface area contributed by atoms with E-state index in [1.807, 2.05) is 19.6 Å². The molecule has 0 atom stereocenters. The van der Waals surface area contributed by atoms with Gasteiger partial charge in [-0.15, -0.1) is 50.9 Å². The molecule has 0 amide bonds. The third-order valence-electron chi connectivity index (χ3n) is 0.358. The average Bonchev–Trinajstić information content (AvgIpc) is 1.80. The van der Waals surface area contributed by atoms with Gasteiger partial charge < -0.3 is 0 Å². The minimum Gasteiger partial charge on any atom is -0.151 e. The van der Waals surface area contributed by atoms with E-state index in [9.17, 15) is 0 Å². The number of hydrogen-bond acceptors (Lipinski definition) is 0. The van der Waals surface area contributed by atoms with Gasteiger partial charge in [0.2, 0.25) is 14.1 Å². The predicted octanol–water partition coefficient (Wildman–Crippen LogP) is 5.74. The maximum Gasteiger partial charge on any atom is 0.270 e. The Balaban J connectivity index is -0.000000147. The molecule has 0 N–H and O–H groups in total. The summed E-state index contributed by atoms with van der Waals surface area (Å²) in [6.07, 6.45) is 0. The third kappa shape index (κ3) is 122. The van der Waals surface area contributed by atoms with Crippen molar-refractivity contribution >= 4 is 87.3 Å². The summed E-state index contributed by atoms with van der Waals surface area (Å²) in [5.74, 6) is 0. The molecular weight excluding hydrogens is 369 g/mol. The van der Waals surface area contributed by atoms with Gasteiger partial charge in [-0.05, 0) is 26.2 Å². The van der Waals surface area contributed by atoms with E-state index in [1.54, 1.807) is 12.2 Å². The van der Waals surface area contributed by atoms with E-state index in [-0.39, 0.29) is 0 Å². The van der Waals surface area contributed by atoms with Crippen LogP contribution in [0, 0.1) is 0 Å². The van der Waals surface area contributed by atoms with Gasteiger partial charge in [0.05, 0.1) is 0 Å². The lowest BCUT2D eigenvalue weighted by molar-refractivity contribution is 2.06. The molecular formula is C6H16Cl6Si3. The molecule has 0 aromatic heterocycles. The molecule has 0 rings (SSSR count). The predicted molar refractivity (Wildman–Crippen MR) is 87.4 cm³/mol. The highest BCUT2D eigenvalue weighted by molar-refractivity contribution is 7.47. The summed E-state index contributed by atoms with van der Waals surface area (Å²) >= 11 is 32.2. The Kier molecular flexibility index (Phi) is 16.7. The Morgan fingerprint density at radius 2 is 1.07 bits per heavy atom. The largest absolute Gasteiger partial charge is 0.270 e. The Morgan fingerprint density at radius 1 is 1.00 bits per heavy atom. The summed E-state index contributed by atoms with van der Waals surface area (Å²) in [5, 5.41) is 0. The molecule has 9 heteroatoms. The molecule has 0 nitrogen and oxygen atoms in total. The zero-order valence-corrected chi connectivity index (χ0v) is 16.8. The van der Waals surface area contributed by atoms with Crippen molar-refractivity contribution in [1.82, 2.24) is 0 Å². The zero-order chi connectivity index (χ0) is 13.3. The molecule has 0 aliphatic rings. The van der Waals surface area contributed by atoms with E-state index in [0.717, 1.165) is 0 Å². The van der Waals surface area contributed by atoms with Crippen molar-refractivity contribution in [3.8, 4) is 0 Å². The van der Waals surface area contributed by atoms with Gasteiger partial charge in [0, 0.05) is 0 Å². The van der Waals surface area contributed by atoms with Crippen molar-refractivity contribution in [2.75, 3.05) is 0 Å². The molecule has 0 bridgehead atoms. The van der Waals surface area contributed by atoms with E-state index in [4.69, 9.17) is 66.5 Å². The van der Waals surface area contributed by atoms with Gasteiger partial charge in [0.15, 0.2) is 0 Å². The number of hydrogen-bond donors (Lipinski definition) is 0. The van der Waals surface area contributed by atoms with Crippen LogP contribution >= 0.6 is 66.5 Å². The van der Waals surface area contributed by atoms with Gasteiger partial charge in [0.1, 0.15) is 0 Å². The normalized spacial score (nSPS) is 10.9. The van der Waals surface area contributed by atoms with E-state index < -0.39 is 20.8 Å². The molecule has 0 radical (unpaired) electrons. The van der Waals surface area contributed by atoms with E-state index >= 15 is 0 Å². The van der Waals surface area contributed by atoms with Crippen LogP contribution in [0.3, 0.4) is 0 Å². The second-order valence-corrected chi connectivity index (χ2v) is 25.2. The highest BCUT2D eigenvalue weighted by Gasteiger charge is 2.13. The van der Waals surface area contributed by atoms with E-state index in [1.165, 1.54) is 0 Å². The minimum atomic E-state index is -1.92. The molecule has 0 unspecified atom stereocenters. The summed E-state index contributed by atoms with van der Waals surface area (Å²) in [4.78, 5) is 0. The van der Waals surface area contributed by atoms with Crippen LogP contribution in [0.2, 0.25) is 26.2 Å². The Bertz CT molecular complexity index is 141. The molecule has 0 aliphatic carbocycles. The van der Waals surface area contributed by atoms with Crippen LogP contribution in [0.25, 0.3) is 0 Å². The summed E-state index contributed by atoms with van der Waals surface area (Å²) in [6, 6.07) is 0. The van der Waals surface area contributed by atoms with Gasteiger partial charge in [0.25, 0.3) is 6.69 Å². The van der Waals surface area contributed by atoms with Crippen LogP contribution in [0.1, 0.15) is 0 Å². The second kappa shape index (κ2) is 11.2. The average molecular weight is 385 g/mol. The van der Waals surface area contributed by atoms with Crippen LogP contribution < -0.4 is 0 Å². The summed E-state index contributed by atoms with van der Waals surface area (Å²) in [7, 11) is -1.19. The standard InChI is InChI=1S/C3H6Cl2Si.C2H6Cl2Si.CH4Cl2Si/c1-3-6(2,4)5;1-5(2,3)4;1-4(2)3/h3H,1H2,2H3;1-2H3;4H,1H3. The van der Waals surface area contributed by atoms with Crippen molar-refractivity contribution in [1.29, 1.82) is 0 Å². The molecule has 0 spiro atoms. The van der Waals surface area contributed by atoms with E-state index in [2.05, 4.69) is 6.58 Å². The highest BCUT2D eigenvalue weighted by Crippen LogP contribution is 2.13. The molecule has 0 aromatic rings. The molecule has 15 heavy (non-hydrogen) atoms. The SMILES string of the molecule is C=C[Si](C)(Cl)Cl.C[SiH](Cl)Cl.C[Si](C)(Cl)Cl. The molecule has 0 aliphatic heterocycles. The van der Waals surface area contributed by atoms with Gasteiger partial charge in [-0.1, -0.05) is 5.70 Å². The molecule has 0 heterocycles. The lowest BCUT2D eigenvalue weighted by Crippen LogP contribution is -2.05.